The van der Waals surface area contributed by atoms with Crippen LogP contribution >= 0.6 is 11.6 Å². The van der Waals surface area contributed by atoms with Gasteiger partial charge in [0.15, 0.2) is 0 Å². The van der Waals surface area contributed by atoms with E-state index in [1.165, 1.54) is 6.92 Å². The molecule has 0 unspecified atom stereocenters. The van der Waals surface area contributed by atoms with Crippen LogP contribution in [0.5, 0.6) is 0 Å². The highest BCUT2D eigenvalue weighted by molar-refractivity contribution is 6.34. The van der Waals surface area contributed by atoms with Crippen LogP contribution in [0.2, 0.25) is 5.02 Å². The first kappa shape index (κ1) is 19.4. The van der Waals surface area contributed by atoms with Gasteiger partial charge >= 0.3 is 0 Å². The van der Waals surface area contributed by atoms with Gasteiger partial charge in [-0.3, -0.25) is 9.59 Å². The van der Waals surface area contributed by atoms with E-state index in [4.69, 9.17) is 17.3 Å². The zero-order valence-corrected chi connectivity index (χ0v) is 16.2. The van der Waals surface area contributed by atoms with Crippen LogP contribution in [0.15, 0.2) is 54.7 Å². The summed E-state index contributed by atoms with van der Waals surface area (Å²) in [6.45, 7) is 3.31. The van der Waals surface area contributed by atoms with Crippen molar-refractivity contribution < 1.29 is 9.59 Å². The normalized spacial score (nSPS) is 10.4. The molecule has 0 fully saturated rings. The number of nitrogen functional groups attached to an aromatic ring is 1. The van der Waals surface area contributed by atoms with Crippen molar-refractivity contribution in [3.63, 3.8) is 0 Å². The predicted octanol–water partition coefficient (Wildman–Crippen LogP) is 4.50. The number of pyridine rings is 1. The average Bonchev–Trinajstić information content (AvgIpc) is 2.65. The van der Waals surface area contributed by atoms with E-state index in [0.29, 0.717) is 16.4 Å². The summed E-state index contributed by atoms with van der Waals surface area (Å²) in [7, 11) is 0. The number of para-hydroxylation sites is 1. The van der Waals surface area contributed by atoms with Crippen LogP contribution in [-0.2, 0) is 4.79 Å². The summed E-state index contributed by atoms with van der Waals surface area (Å²) >= 11 is 6.19. The number of carbonyl (C=O) groups is 2. The predicted molar refractivity (Wildman–Crippen MR) is 113 cm³/mol. The number of nitrogens with zero attached hydrogens (tertiary/aromatic N) is 1. The molecule has 0 saturated carbocycles. The van der Waals surface area contributed by atoms with Crippen LogP contribution in [-0.4, -0.2) is 16.8 Å². The number of rotatable bonds is 4. The molecule has 0 atom stereocenters. The van der Waals surface area contributed by atoms with E-state index in [1.54, 1.807) is 30.5 Å². The number of carbonyl (C=O) groups excluding carboxylic acids is 2. The summed E-state index contributed by atoms with van der Waals surface area (Å²) in [5.41, 5.74) is 9.81. The fraction of sp³-hybridized carbons (Fsp3) is 0.0952. The SMILES string of the molecule is CC(=O)Nc1ccc(-c2cnc(N)c(C(=O)Nc3c(C)cccc3Cl)c2)cc1. The van der Waals surface area contributed by atoms with Gasteiger partial charge in [-0.2, -0.15) is 0 Å². The molecule has 0 saturated heterocycles. The Morgan fingerprint density at radius 1 is 1.04 bits per heavy atom. The molecule has 0 aliphatic carbocycles. The Balaban J connectivity index is 1.89. The Hall–Kier alpha value is -3.38. The molecular weight excluding hydrogens is 376 g/mol. The lowest BCUT2D eigenvalue weighted by Gasteiger charge is -2.12. The maximum Gasteiger partial charge on any atom is 0.259 e. The standard InChI is InChI=1S/C21H19ClN4O2/c1-12-4-3-5-18(22)19(12)26-21(28)17-10-15(11-24-20(17)23)14-6-8-16(9-7-14)25-13(2)27/h3-11H,1-2H3,(H2,23,24)(H,25,27)(H,26,28). The zero-order chi connectivity index (χ0) is 20.3. The number of benzene rings is 2. The summed E-state index contributed by atoms with van der Waals surface area (Å²) in [4.78, 5) is 28.0. The van der Waals surface area contributed by atoms with Crippen molar-refractivity contribution in [3.8, 4) is 11.1 Å². The Morgan fingerprint density at radius 3 is 2.39 bits per heavy atom. The molecule has 0 aliphatic rings. The first-order valence-electron chi connectivity index (χ1n) is 8.55. The summed E-state index contributed by atoms with van der Waals surface area (Å²) in [6.07, 6.45) is 1.60. The highest BCUT2D eigenvalue weighted by atomic mass is 35.5. The zero-order valence-electron chi connectivity index (χ0n) is 15.4. The van der Waals surface area contributed by atoms with Crippen LogP contribution in [0.3, 0.4) is 0 Å². The van der Waals surface area contributed by atoms with Crippen LogP contribution in [0.25, 0.3) is 11.1 Å². The number of amides is 2. The summed E-state index contributed by atoms with van der Waals surface area (Å²) in [5, 5.41) is 5.96. The van der Waals surface area contributed by atoms with Gasteiger partial charge in [0, 0.05) is 24.4 Å². The number of halogens is 1. The van der Waals surface area contributed by atoms with Crippen LogP contribution < -0.4 is 16.4 Å². The monoisotopic (exact) mass is 394 g/mol. The number of aromatic nitrogens is 1. The van der Waals surface area contributed by atoms with E-state index in [-0.39, 0.29) is 17.3 Å². The van der Waals surface area contributed by atoms with Gasteiger partial charge in [0.25, 0.3) is 5.91 Å². The third kappa shape index (κ3) is 4.29. The Bertz CT molecular complexity index is 1030. The Labute approximate surface area is 167 Å². The van der Waals surface area contributed by atoms with Gasteiger partial charge in [-0.15, -0.1) is 0 Å². The van der Waals surface area contributed by atoms with Gasteiger partial charge in [-0.05, 0) is 42.3 Å². The molecule has 0 aliphatic heterocycles. The van der Waals surface area contributed by atoms with Gasteiger partial charge < -0.3 is 16.4 Å². The summed E-state index contributed by atoms with van der Waals surface area (Å²) in [6, 6.07) is 14.3. The van der Waals surface area contributed by atoms with Crippen molar-refractivity contribution in [1.29, 1.82) is 0 Å². The minimum atomic E-state index is -0.391. The van der Waals surface area contributed by atoms with E-state index < -0.39 is 5.91 Å². The lowest BCUT2D eigenvalue weighted by molar-refractivity contribution is -0.114. The second kappa shape index (κ2) is 8.10. The van der Waals surface area contributed by atoms with Gasteiger partial charge in [-0.1, -0.05) is 35.9 Å². The first-order valence-corrected chi connectivity index (χ1v) is 8.93. The molecule has 1 heterocycles. The molecule has 4 N–H and O–H groups in total. The maximum absolute atomic E-state index is 12.8. The smallest absolute Gasteiger partial charge is 0.259 e. The molecule has 2 aromatic carbocycles. The molecule has 6 nitrogen and oxygen atoms in total. The summed E-state index contributed by atoms with van der Waals surface area (Å²) in [5.74, 6) is -0.408. The molecule has 3 aromatic rings. The second-order valence-electron chi connectivity index (χ2n) is 6.30. The fourth-order valence-corrected chi connectivity index (χ4v) is 3.00. The van der Waals surface area contributed by atoms with Crippen LogP contribution in [0, 0.1) is 6.92 Å². The van der Waals surface area contributed by atoms with Gasteiger partial charge in [0.1, 0.15) is 5.82 Å². The highest BCUT2D eigenvalue weighted by Crippen LogP contribution is 2.28. The van der Waals surface area contributed by atoms with E-state index in [9.17, 15) is 9.59 Å². The lowest BCUT2D eigenvalue weighted by atomic mass is 10.0. The van der Waals surface area contributed by atoms with Crippen molar-refractivity contribution in [3.05, 3.63) is 70.9 Å². The van der Waals surface area contributed by atoms with Gasteiger partial charge in [0.2, 0.25) is 5.91 Å². The molecular formula is C21H19ClN4O2. The number of anilines is 3. The third-order valence-corrected chi connectivity index (χ3v) is 4.48. The van der Waals surface area contributed by atoms with Crippen LogP contribution in [0.4, 0.5) is 17.2 Å². The quantitative estimate of drug-likeness (QED) is 0.606. The Kier molecular flexibility index (Phi) is 5.61. The van der Waals surface area contributed by atoms with E-state index in [0.717, 1.165) is 16.7 Å². The van der Waals surface area contributed by atoms with Gasteiger partial charge in [0.05, 0.1) is 16.3 Å². The highest BCUT2D eigenvalue weighted by Gasteiger charge is 2.15. The minimum absolute atomic E-state index is 0.126. The van der Waals surface area contributed by atoms with Crippen molar-refractivity contribution in [1.82, 2.24) is 4.98 Å². The number of aryl methyl sites for hydroxylation is 1. The molecule has 28 heavy (non-hydrogen) atoms. The van der Waals surface area contributed by atoms with E-state index in [1.807, 2.05) is 31.2 Å². The van der Waals surface area contributed by atoms with Crippen molar-refractivity contribution >= 4 is 40.6 Å². The number of hydrogen-bond acceptors (Lipinski definition) is 4. The topological polar surface area (TPSA) is 97.1 Å². The summed E-state index contributed by atoms with van der Waals surface area (Å²) < 4.78 is 0. The molecule has 142 valence electrons. The molecule has 7 heteroatoms. The average molecular weight is 395 g/mol. The van der Waals surface area contributed by atoms with E-state index in [2.05, 4.69) is 15.6 Å². The minimum Gasteiger partial charge on any atom is -0.383 e. The van der Waals surface area contributed by atoms with Gasteiger partial charge in [-0.25, -0.2) is 4.98 Å². The van der Waals surface area contributed by atoms with Crippen LogP contribution in [0.1, 0.15) is 22.8 Å². The van der Waals surface area contributed by atoms with Crippen molar-refractivity contribution in [2.75, 3.05) is 16.4 Å². The number of nitrogens with one attached hydrogen (secondary N) is 2. The molecule has 1 aromatic heterocycles. The molecule has 3 rings (SSSR count). The largest absolute Gasteiger partial charge is 0.383 e. The van der Waals surface area contributed by atoms with Crippen molar-refractivity contribution in [2.45, 2.75) is 13.8 Å². The maximum atomic E-state index is 12.8. The van der Waals surface area contributed by atoms with E-state index >= 15 is 0 Å². The lowest BCUT2D eigenvalue weighted by Crippen LogP contribution is -2.16. The molecule has 0 bridgehead atoms. The number of hydrogen-bond donors (Lipinski definition) is 3. The molecule has 0 radical (unpaired) electrons. The first-order chi connectivity index (χ1) is 13.3. The third-order valence-electron chi connectivity index (χ3n) is 4.16. The Morgan fingerprint density at radius 2 is 1.75 bits per heavy atom. The molecule has 0 spiro atoms. The number of nitrogens with two attached hydrogens (primary N) is 1. The molecule has 2 amide bonds. The van der Waals surface area contributed by atoms with Crippen molar-refractivity contribution in [2.24, 2.45) is 0 Å². The second-order valence-corrected chi connectivity index (χ2v) is 6.71. The fourth-order valence-electron chi connectivity index (χ4n) is 2.74.